The predicted octanol–water partition coefficient (Wildman–Crippen LogP) is 4.77. The second kappa shape index (κ2) is 5.58. The van der Waals surface area contributed by atoms with E-state index >= 15 is 0 Å². The summed E-state index contributed by atoms with van der Waals surface area (Å²) >= 11 is 6.30. The van der Waals surface area contributed by atoms with Crippen LogP contribution in [0.4, 0.5) is 5.82 Å². The molecule has 0 radical (unpaired) electrons. The maximum atomic E-state index is 6.30. The van der Waals surface area contributed by atoms with E-state index in [4.69, 9.17) is 16.6 Å². The van der Waals surface area contributed by atoms with Gasteiger partial charge in [-0.25, -0.2) is 9.97 Å². The molecule has 2 aromatic carbocycles. The highest BCUT2D eigenvalue weighted by molar-refractivity contribution is 6.33. The Morgan fingerprint density at radius 2 is 1.77 bits per heavy atom. The number of para-hydroxylation sites is 1. The van der Waals surface area contributed by atoms with E-state index in [1.165, 1.54) is 12.8 Å². The molecule has 0 amide bonds. The zero-order valence-corrected chi connectivity index (χ0v) is 12.8. The van der Waals surface area contributed by atoms with Crippen molar-refractivity contribution < 1.29 is 0 Å². The molecule has 1 aromatic heterocycles. The predicted molar refractivity (Wildman–Crippen MR) is 91.2 cm³/mol. The van der Waals surface area contributed by atoms with Crippen molar-refractivity contribution in [1.82, 2.24) is 9.97 Å². The Morgan fingerprint density at radius 1 is 1.00 bits per heavy atom. The van der Waals surface area contributed by atoms with Gasteiger partial charge in [0.2, 0.25) is 0 Å². The van der Waals surface area contributed by atoms with Crippen molar-refractivity contribution in [1.29, 1.82) is 0 Å². The van der Waals surface area contributed by atoms with Crippen LogP contribution in [-0.4, -0.2) is 16.5 Å². The van der Waals surface area contributed by atoms with Crippen molar-refractivity contribution in [2.24, 2.45) is 5.92 Å². The molecule has 0 spiro atoms. The lowest BCUT2D eigenvalue weighted by atomic mass is 10.2. The Bertz CT molecular complexity index is 827. The van der Waals surface area contributed by atoms with E-state index in [0.717, 1.165) is 34.7 Å². The van der Waals surface area contributed by atoms with Gasteiger partial charge in [-0.3, -0.25) is 0 Å². The Morgan fingerprint density at radius 3 is 2.59 bits per heavy atom. The van der Waals surface area contributed by atoms with Gasteiger partial charge in [-0.05, 0) is 43.0 Å². The average Bonchev–Trinajstić information content (AvgIpc) is 3.37. The van der Waals surface area contributed by atoms with Crippen molar-refractivity contribution in [2.45, 2.75) is 12.8 Å². The summed E-state index contributed by atoms with van der Waals surface area (Å²) in [4.78, 5) is 9.40. The van der Waals surface area contributed by atoms with Gasteiger partial charge in [-0.2, -0.15) is 0 Å². The second-order valence-corrected chi connectivity index (χ2v) is 6.12. The molecule has 4 heteroatoms. The molecule has 1 N–H and O–H groups in total. The molecule has 1 heterocycles. The number of aromatic nitrogens is 2. The fraction of sp³-hybridized carbons (Fsp3) is 0.222. The molecule has 1 aliphatic rings. The minimum Gasteiger partial charge on any atom is -0.369 e. The minimum absolute atomic E-state index is 0.669. The first-order valence-electron chi connectivity index (χ1n) is 7.57. The van der Waals surface area contributed by atoms with E-state index in [1.54, 1.807) is 0 Å². The molecule has 22 heavy (non-hydrogen) atoms. The molecular weight excluding hydrogens is 294 g/mol. The first kappa shape index (κ1) is 13.5. The third-order valence-electron chi connectivity index (χ3n) is 3.97. The molecule has 3 nitrogen and oxygen atoms in total. The maximum Gasteiger partial charge on any atom is 0.163 e. The minimum atomic E-state index is 0.669. The fourth-order valence-electron chi connectivity index (χ4n) is 2.54. The van der Waals surface area contributed by atoms with Crippen molar-refractivity contribution in [3.8, 4) is 11.4 Å². The van der Waals surface area contributed by atoms with E-state index in [-0.39, 0.29) is 0 Å². The monoisotopic (exact) mass is 309 g/mol. The number of hydrogen-bond acceptors (Lipinski definition) is 3. The normalized spacial score (nSPS) is 14.2. The van der Waals surface area contributed by atoms with Crippen molar-refractivity contribution in [3.05, 3.63) is 53.6 Å². The summed E-state index contributed by atoms with van der Waals surface area (Å²) in [5.41, 5.74) is 1.80. The molecule has 1 aliphatic carbocycles. The summed E-state index contributed by atoms with van der Waals surface area (Å²) in [5, 5.41) is 5.21. The first-order valence-corrected chi connectivity index (χ1v) is 7.94. The lowest BCUT2D eigenvalue weighted by molar-refractivity contribution is 0.884. The zero-order chi connectivity index (χ0) is 14.9. The maximum absolute atomic E-state index is 6.30. The van der Waals surface area contributed by atoms with Gasteiger partial charge >= 0.3 is 0 Å². The highest BCUT2D eigenvalue weighted by Gasteiger charge is 2.21. The third-order valence-corrected chi connectivity index (χ3v) is 4.30. The van der Waals surface area contributed by atoms with Gasteiger partial charge in [0.05, 0.1) is 10.5 Å². The third kappa shape index (κ3) is 2.64. The molecule has 0 saturated heterocycles. The lowest BCUT2D eigenvalue weighted by Gasteiger charge is -2.11. The number of anilines is 1. The van der Waals surface area contributed by atoms with E-state index in [9.17, 15) is 0 Å². The van der Waals surface area contributed by atoms with Crippen LogP contribution in [0.5, 0.6) is 0 Å². The molecule has 0 bridgehead atoms. The molecule has 1 fully saturated rings. The van der Waals surface area contributed by atoms with Gasteiger partial charge in [0.25, 0.3) is 0 Å². The van der Waals surface area contributed by atoms with Gasteiger partial charge in [-0.1, -0.05) is 35.9 Å². The van der Waals surface area contributed by atoms with E-state index in [0.29, 0.717) is 10.8 Å². The molecule has 0 aliphatic heterocycles. The van der Waals surface area contributed by atoms with Crippen molar-refractivity contribution >= 4 is 28.3 Å². The number of fused-ring (bicyclic) bond motifs is 1. The van der Waals surface area contributed by atoms with Gasteiger partial charge in [0.1, 0.15) is 5.82 Å². The number of nitrogens with zero attached hydrogens (tertiary/aromatic N) is 2. The summed E-state index contributed by atoms with van der Waals surface area (Å²) < 4.78 is 0. The van der Waals surface area contributed by atoms with Crippen LogP contribution < -0.4 is 5.32 Å². The quantitative estimate of drug-likeness (QED) is 0.754. The zero-order valence-electron chi connectivity index (χ0n) is 12.1. The van der Waals surface area contributed by atoms with E-state index in [1.807, 2.05) is 42.5 Å². The standard InChI is InChI=1S/C18H16ClN3/c19-15-7-3-1-5-13(15)18-21-16-8-4-2-6-14(16)17(22-18)20-11-12-9-10-12/h1-8,12H,9-11H2,(H,20,21,22). The summed E-state index contributed by atoms with van der Waals surface area (Å²) in [6.07, 6.45) is 2.63. The van der Waals surface area contributed by atoms with Gasteiger partial charge < -0.3 is 5.32 Å². The summed E-state index contributed by atoms with van der Waals surface area (Å²) in [5.74, 6) is 2.35. The van der Waals surface area contributed by atoms with E-state index in [2.05, 4.69) is 16.4 Å². The molecular formula is C18H16ClN3. The highest BCUT2D eigenvalue weighted by atomic mass is 35.5. The molecule has 4 rings (SSSR count). The fourth-order valence-corrected chi connectivity index (χ4v) is 2.76. The Hall–Kier alpha value is -2.13. The second-order valence-electron chi connectivity index (χ2n) is 5.72. The van der Waals surface area contributed by atoms with Crippen molar-refractivity contribution in [3.63, 3.8) is 0 Å². The Balaban J connectivity index is 1.83. The highest BCUT2D eigenvalue weighted by Crippen LogP contribution is 2.32. The van der Waals surface area contributed by atoms with Gasteiger partial charge in [0, 0.05) is 17.5 Å². The number of nitrogens with one attached hydrogen (secondary N) is 1. The van der Waals surface area contributed by atoms with Gasteiger partial charge in [0.15, 0.2) is 5.82 Å². The van der Waals surface area contributed by atoms with Gasteiger partial charge in [-0.15, -0.1) is 0 Å². The number of rotatable bonds is 4. The average molecular weight is 310 g/mol. The lowest BCUT2D eigenvalue weighted by Crippen LogP contribution is -2.07. The largest absolute Gasteiger partial charge is 0.369 e. The molecule has 0 atom stereocenters. The molecule has 1 saturated carbocycles. The first-order chi connectivity index (χ1) is 10.8. The molecule has 3 aromatic rings. The number of benzene rings is 2. The van der Waals surface area contributed by atoms with Crippen LogP contribution in [0.3, 0.4) is 0 Å². The van der Waals surface area contributed by atoms with Crippen LogP contribution in [0.2, 0.25) is 5.02 Å². The van der Waals surface area contributed by atoms with Crippen LogP contribution >= 0.6 is 11.6 Å². The Kier molecular flexibility index (Phi) is 3.43. The number of halogens is 1. The van der Waals surface area contributed by atoms with Crippen LogP contribution in [0.1, 0.15) is 12.8 Å². The van der Waals surface area contributed by atoms with E-state index < -0.39 is 0 Å². The van der Waals surface area contributed by atoms with Crippen LogP contribution in [-0.2, 0) is 0 Å². The van der Waals surface area contributed by atoms with Crippen LogP contribution in [0.15, 0.2) is 48.5 Å². The van der Waals surface area contributed by atoms with Crippen LogP contribution in [0, 0.1) is 5.92 Å². The molecule has 0 unspecified atom stereocenters. The summed E-state index contributed by atoms with van der Waals surface area (Å²) in [6.45, 7) is 0.975. The SMILES string of the molecule is Clc1ccccc1-c1nc(NCC2CC2)c2ccccc2n1. The van der Waals surface area contributed by atoms with Crippen molar-refractivity contribution in [2.75, 3.05) is 11.9 Å². The number of hydrogen-bond donors (Lipinski definition) is 1. The summed E-state index contributed by atoms with van der Waals surface area (Å²) in [6, 6.07) is 15.8. The Labute approximate surface area is 134 Å². The topological polar surface area (TPSA) is 37.8 Å². The smallest absolute Gasteiger partial charge is 0.163 e. The van der Waals surface area contributed by atoms with Crippen LogP contribution in [0.25, 0.3) is 22.3 Å². The molecule has 110 valence electrons. The summed E-state index contributed by atoms with van der Waals surface area (Å²) in [7, 11) is 0.